The van der Waals surface area contributed by atoms with Crippen LogP contribution in [0.4, 0.5) is 0 Å². The van der Waals surface area contributed by atoms with Crippen LogP contribution in [0.5, 0.6) is 0 Å². The molecule has 0 saturated carbocycles. The highest BCUT2D eigenvalue weighted by Crippen LogP contribution is 2.27. The van der Waals surface area contributed by atoms with Crippen molar-refractivity contribution in [3.63, 3.8) is 0 Å². The monoisotopic (exact) mass is 288 g/mol. The maximum atomic E-state index is 12.2. The van der Waals surface area contributed by atoms with E-state index in [-0.39, 0.29) is 11.1 Å². The van der Waals surface area contributed by atoms with Crippen LogP contribution in [0.1, 0.15) is 34.6 Å². The smallest absolute Gasteiger partial charge is 0.182 e. The maximum Gasteiger partial charge on any atom is 0.182 e. The van der Waals surface area contributed by atoms with Gasteiger partial charge in [0.25, 0.3) is 0 Å². The van der Waals surface area contributed by atoms with E-state index < -0.39 is 9.71 Å². The fourth-order valence-corrected chi connectivity index (χ4v) is 4.06. The molecule has 1 aliphatic rings. The summed E-state index contributed by atoms with van der Waals surface area (Å²) in [7, 11) is -2.18. The minimum absolute atomic E-state index is 0.212. The topological polar surface area (TPSA) is 32.8 Å². The van der Waals surface area contributed by atoms with E-state index in [0.29, 0.717) is 12.4 Å². The van der Waals surface area contributed by atoms with Crippen LogP contribution >= 0.6 is 0 Å². The molecule has 0 aromatic rings. The second-order valence-electron chi connectivity index (χ2n) is 6.90. The van der Waals surface area contributed by atoms with Crippen molar-refractivity contribution in [3.8, 4) is 0 Å². The first-order valence-electron chi connectivity index (χ1n) is 6.56. The van der Waals surface area contributed by atoms with Gasteiger partial charge in [0, 0.05) is 41.1 Å². The predicted octanol–water partition coefficient (Wildman–Crippen LogP) is 1.93. The molecule has 0 aliphatic carbocycles. The zero-order chi connectivity index (χ0) is 15.1. The van der Waals surface area contributed by atoms with Gasteiger partial charge in [0.05, 0.1) is 0 Å². The van der Waals surface area contributed by atoms with E-state index in [4.69, 9.17) is 4.74 Å². The molecule has 19 heavy (non-hydrogen) atoms. The summed E-state index contributed by atoms with van der Waals surface area (Å²) in [6.07, 6.45) is 1.70. The van der Waals surface area contributed by atoms with Gasteiger partial charge in [-0.15, -0.1) is 0 Å². The molecule has 0 N–H and O–H groups in total. The van der Waals surface area contributed by atoms with Crippen LogP contribution in [-0.4, -0.2) is 56.3 Å². The fraction of sp³-hybridized carbons (Fsp3) is 0.786. The van der Waals surface area contributed by atoms with Crippen LogP contribution in [-0.2, 0) is 14.4 Å². The molecule has 5 heteroatoms. The molecule has 0 spiro atoms. The molecule has 112 valence electrons. The molecule has 1 saturated heterocycles. The molecule has 0 amide bonds. The molecule has 1 heterocycles. The molecule has 1 aliphatic heterocycles. The Bertz CT molecular complexity index is 447. The van der Waals surface area contributed by atoms with Crippen LogP contribution in [0.25, 0.3) is 0 Å². The highest BCUT2D eigenvalue weighted by Gasteiger charge is 2.37. The predicted molar refractivity (Wildman–Crippen MR) is 83.5 cm³/mol. The van der Waals surface area contributed by atoms with Crippen molar-refractivity contribution in [2.24, 2.45) is 0 Å². The molecule has 4 nitrogen and oxygen atoms in total. The van der Waals surface area contributed by atoms with Gasteiger partial charge < -0.3 is 9.64 Å². The van der Waals surface area contributed by atoms with Gasteiger partial charge in [-0.25, -0.2) is 4.31 Å². The van der Waals surface area contributed by atoms with Gasteiger partial charge in [-0.3, -0.25) is 4.21 Å². The molecule has 0 aromatic carbocycles. The lowest BCUT2D eigenvalue weighted by Crippen LogP contribution is -2.60. The van der Waals surface area contributed by atoms with Crippen molar-refractivity contribution < 1.29 is 8.95 Å². The largest absolute Gasteiger partial charge is 0.474 e. The second-order valence-corrected chi connectivity index (χ2v) is 9.26. The fourth-order valence-electron chi connectivity index (χ4n) is 2.49. The Labute approximate surface area is 118 Å². The van der Waals surface area contributed by atoms with Crippen LogP contribution in [0.15, 0.2) is 12.5 Å². The SMILES string of the molecule is C=C(OC(C)(C)C)N1CCN(S(=C)(C)=O)C(C)(C)C1. The van der Waals surface area contributed by atoms with Crippen molar-refractivity contribution in [2.75, 3.05) is 25.9 Å². The van der Waals surface area contributed by atoms with E-state index in [0.717, 1.165) is 13.1 Å². The Hall–Kier alpha value is -0.680. The van der Waals surface area contributed by atoms with E-state index >= 15 is 0 Å². The Kier molecular flexibility index (Phi) is 4.32. The highest BCUT2D eigenvalue weighted by atomic mass is 32.2. The molecule has 1 fully saturated rings. The molecule has 0 bridgehead atoms. The Morgan fingerprint density at radius 1 is 1.32 bits per heavy atom. The zero-order valence-corrected chi connectivity index (χ0v) is 14.0. The first-order chi connectivity index (χ1) is 8.33. The minimum Gasteiger partial charge on any atom is -0.474 e. The van der Waals surface area contributed by atoms with Gasteiger partial charge in [-0.05, 0) is 47.1 Å². The van der Waals surface area contributed by atoms with Crippen LogP contribution in [0.3, 0.4) is 0 Å². The number of rotatable bonds is 3. The third-order valence-corrected chi connectivity index (χ3v) is 4.68. The Morgan fingerprint density at radius 2 is 1.84 bits per heavy atom. The molecule has 1 unspecified atom stereocenters. The standard InChI is InChI=1S/C14H28N2O2S/c1-12(18-13(2,3)4)15-9-10-16(19(7,8)17)14(5,6)11-15/h1,7,9-11H2,2-6,8H3. The summed E-state index contributed by atoms with van der Waals surface area (Å²) >= 11 is 0. The van der Waals surface area contributed by atoms with Gasteiger partial charge in [0.1, 0.15) is 5.60 Å². The van der Waals surface area contributed by atoms with Crippen LogP contribution < -0.4 is 0 Å². The van der Waals surface area contributed by atoms with Crippen molar-refractivity contribution in [2.45, 2.75) is 45.8 Å². The lowest BCUT2D eigenvalue weighted by atomic mass is 10.0. The quantitative estimate of drug-likeness (QED) is 0.588. The molecule has 0 aromatic heterocycles. The second kappa shape index (κ2) is 5.02. The first kappa shape index (κ1) is 16.4. The average molecular weight is 288 g/mol. The normalized spacial score (nSPS) is 23.8. The lowest BCUT2D eigenvalue weighted by Gasteiger charge is -2.48. The summed E-state index contributed by atoms with van der Waals surface area (Å²) in [5.41, 5.74) is -0.459. The van der Waals surface area contributed by atoms with Crippen molar-refractivity contribution in [3.05, 3.63) is 12.5 Å². The van der Waals surface area contributed by atoms with Gasteiger partial charge in [-0.1, -0.05) is 0 Å². The number of hydrogen-bond donors (Lipinski definition) is 0. The lowest BCUT2D eigenvalue weighted by molar-refractivity contribution is -0.0210. The minimum atomic E-state index is -2.18. The Morgan fingerprint density at radius 3 is 2.21 bits per heavy atom. The van der Waals surface area contributed by atoms with Gasteiger partial charge in [0.15, 0.2) is 5.88 Å². The van der Waals surface area contributed by atoms with E-state index in [1.807, 2.05) is 25.1 Å². The summed E-state index contributed by atoms with van der Waals surface area (Å²) in [5, 5.41) is 0. The third-order valence-electron chi connectivity index (χ3n) is 3.07. The Balaban J connectivity index is 2.79. The molecular weight excluding hydrogens is 260 g/mol. The summed E-state index contributed by atoms with van der Waals surface area (Å²) in [5.74, 6) is 4.49. The summed E-state index contributed by atoms with van der Waals surface area (Å²) < 4.78 is 20.0. The van der Waals surface area contributed by atoms with Crippen molar-refractivity contribution in [1.29, 1.82) is 0 Å². The van der Waals surface area contributed by atoms with Gasteiger partial charge >= 0.3 is 0 Å². The van der Waals surface area contributed by atoms with Crippen LogP contribution in [0.2, 0.25) is 0 Å². The molecule has 1 rings (SSSR count). The van der Waals surface area contributed by atoms with Crippen LogP contribution in [0, 0.1) is 0 Å². The number of piperazine rings is 1. The van der Waals surface area contributed by atoms with Gasteiger partial charge in [-0.2, -0.15) is 0 Å². The van der Waals surface area contributed by atoms with E-state index in [9.17, 15) is 4.21 Å². The van der Waals surface area contributed by atoms with E-state index in [2.05, 4.69) is 31.2 Å². The molecule has 0 radical (unpaired) electrons. The average Bonchev–Trinajstić information content (AvgIpc) is 2.10. The number of ether oxygens (including phenoxy) is 1. The van der Waals surface area contributed by atoms with Crippen molar-refractivity contribution in [1.82, 2.24) is 9.21 Å². The summed E-state index contributed by atoms with van der Waals surface area (Å²) in [6, 6.07) is 0. The number of hydrogen-bond acceptors (Lipinski definition) is 3. The van der Waals surface area contributed by atoms with Crippen molar-refractivity contribution >= 4 is 15.6 Å². The summed E-state index contributed by atoms with van der Waals surface area (Å²) in [6.45, 7) is 16.4. The molecular formula is C14H28N2O2S. The molecule has 1 atom stereocenters. The zero-order valence-electron chi connectivity index (χ0n) is 13.2. The van der Waals surface area contributed by atoms with E-state index in [1.54, 1.807) is 6.26 Å². The highest BCUT2D eigenvalue weighted by molar-refractivity contribution is 7.97. The first-order valence-corrected chi connectivity index (χ1v) is 8.65. The van der Waals surface area contributed by atoms with Gasteiger partial charge in [0.2, 0.25) is 0 Å². The van der Waals surface area contributed by atoms with E-state index in [1.165, 1.54) is 0 Å². The summed E-state index contributed by atoms with van der Waals surface area (Å²) in [4.78, 5) is 2.12. The third kappa shape index (κ3) is 4.42. The maximum absolute atomic E-state index is 12.2. The number of nitrogens with zero attached hydrogens (tertiary/aromatic N) is 2.